The predicted octanol–water partition coefficient (Wildman–Crippen LogP) is 0.928. The van der Waals surface area contributed by atoms with Gasteiger partial charge in [0.1, 0.15) is 3.70 Å². The molecule has 1 saturated heterocycles. The number of pyridine rings is 1. The molecule has 1 N–H and O–H groups in total. The molecule has 2 heterocycles. The Hall–Kier alpha value is -1.36. The van der Waals surface area contributed by atoms with Crippen LogP contribution in [0.2, 0.25) is 0 Å². The molecule has 1 aliphatic heterocycles. The van der Waals surface area contributed by atoms with Crippen molar-refractivity contribution in [3.05, 3.63) is 27.6 Å². The lowest BCUT2D eigenvalue weighted by Gasteiger charge is -2.16. The van der Waals surface area contributed by atoms with Gasteiger partial charge in [0.05, 0.1) is 0 Å². The molecule has 1 fully saturated rings. The standard InChI is InChI=1S/C10H10IN5/c11-9-2-1-8(5-14-9)6-16-4-3-13-10(16)15-7-12/h1-2,5H,3-4,6H2,(H,13,15). The van der Waals surface area contributed by atoms with Crippen LogP contribution in [0.1, 0.15) is 5.56 Å². The van der Waals surface area contributed by atoms with Crippen LogP contribution < -0.4 is 5.32 Å². The largest absolute Gasteiger partial charge is 0.354 e. The van der Waals surface area contributed by atoms with Crippen molar-refractivity contribution in [3.63, 3.8) is 0 Å². The van der Waals surface area contributed by atoms with Gasteiger partial charge in [-0.05, 0) is 34.2 Å². The Balaban J connectivity index is 2.07. The summed E-state index contributed by atoms with van der Waals surface area (Å²) >= 11 is 2.17. The lowest BCUT2D eigenvalue weighted by atomic mass is 10.3. The zero-order valence-corrected chi connectivity index (χ0v) is 10.7. The van der Waals surface area contributed by atoms with Gasteiger partial charge in [-0.3, -0.25) is 0 Å². The van der Waals surface area contributed by atoms with Crippen LogP contribution in [0.15, 0.2) is 23.3 Å². The van der Waals surface area contributed by atoms with Crippen molar-refractivity contribution in [2.45, 2.75) is 6.54 Å². The molecule has 0 bridgehead atoms. The number of hydrogen-bond acceptors (Lipinski definition) is 3. The first-order chi connectivity index (χ1) is 7.79. The first kappa shape index (κ1) is 11.1. The number of hydrogen-bond donors (Lipinski definition) is 1. The minimum absolute atomic E-state index is 0.654. The van der Waals surface area contributed by atoms with E-state index in [4.69, 9.17) is 5.26 Å². The Kier molecular flexibility index (Phi) is 3.56. The summed E-state index contributed by atoms with van der Waals surface area (Å²) in [6.45, 7) is 2.43. The molecular weight excluding hydrogens is 317 g/mol. The molecule has 0 unspecified atom stereocenters. The predicted molar refractivity (Wildman–Crippen MR) is 68.4 cm³/mol. The fourth-order valence-electron chi connectivity index (χ4n) is 1.55. The van der Waals surface area contributed by atoms with Crippen molar-refractivity contribution in [2.75, 3.05) is 13.1 Å². The van der Waals surface area contributed by atoms with Crippen molar-refractivity contribution >= 4 is 28.6 Å². The van der Waals surface area contributed by atoms with E-state index in [2.05, 4.69) is 37.9 Å². The van der Waals surface area contributed by atoms with Crippen LogP contribution >= 0.6 is 22.6 Å². The van der Waals surface area contributed by atoms with Crippen LogP contribution in [0.4, 0.5) is 0 Å². The fraction of sp³-hybridized carbons (Fsp3) is 0.300. The van der Waals surface area contributed by atoms with Gasteiger partial charge in [0.25, 0.3) is 0 Å². The van der Waals surface area contributed by atoms with Gasteiger partial charge in [0, 0.05) is 25.8 Å². The second-order valence-corrected chi connectivity index (χ2v) is 4.48. The van der Waals surface area contributed by atoms with E-state index in [-0.39, 0.29) is 0 Å². The lowest BCUT2D eigenvalue weighted by molar-refractivity contribution is 0.456. The van der Waals surface area contributed by atoms with Crippen LogP contribution in [0.5, 0.6) is 0 Å². The highest BCUT2D eigenvalue weighted by molar-refractivity contribution is 14.1. The number of aromatic nitrogens is 1. The van der Waals surface area contributed by atoms with E-state index in [0.29, 0.717) is 5.96 Å². The van der Waals surface area contributed by atoms with E-state index in [9.17, 15) is 0 Å². The third kappa shape index (κ3) is 2.61. The van der Waals surface area contributed by atoms with E-state index < -0.39 is 0 Å². The Morgan fingerprint density at radius 3 is 3.19 bits per heavy atom. The summed E-state index contributed by atoms with van der Waals surface area (Å²) in [7, 11) is 0. The van der Waals surface area contributed by atoms with E-state index in [1.807, 2.05) is 23.2 Å². The summed E-state index contributed by atoms with van der Waals surface area (Å²) in [5, 5.41) is 11.6. The third-order valence-corrected chi connectivity index (χ3v) is 2.92. The molecule has 0 aliphatic carbocycles. The van der Waals surface area contributed by atoms with Crippen molar-refractivity contribution in [2.24, 2.45) is 4.99 Å². The highest BCUT2D eigenvalue weighted by Crippen LogP contribution is 2.08. The first-order valence-electron chi connectivity index (χ1n) is 4.85. The van der Waals surface area contributed by atoms with Crippen LogP contribution in [0.3, 0.4) is 0 Å². The number of guanidine groups is 1. The molecule has 1 aromatic rings. The molecular formula is C10H10IN5. The van der Waals surface area contributed by atoms with E-state index >= 15 is 0 Å². The molecule has 5 nitrogen and oxygen atoms in total. The Bertz CT molecular complexity index is 434. The molecule has 0 aromatic carbocycles. The van der Waals surface area contributed by atoms with E-state index in [1.54, 1.807) is 6.19 Å². The monoisotopic (exact) mass is 327 g/mol. The normalized spacial score (nSPS) is 17.2. The van der Waals surface area contributed by atoms with Gasteiger partial charge in [-0.2, -0.15) is 5.26 Å². The van der Waals surface area contributed by atoms with Gasteiger partial charge in [0.2, 0.25) is 12.2 Å². The highest BCUT2D eigenvalue weighted by Gasteiger charge is 2.17. The fourth-order valence-corrected chi connectivity index (χ4v) is 1.87. The second kappa shape index (κ2) is 5.12. The third-order valence-electron chi connectivity index (χ3n) is 2.28. The van der Waals surface area contributed by atoms with Gasteiger partial charge in [-0.1, -0.05) is 6.07 Å². The van der Waals surface area contributed by atoms with Crippen LogP contribution in [0.25, 0.3) is 0 Å². The number of nitriles is 1. The number of rotatable bonds is 2. The molecule has 16 heavy (non-hydrogen) atoms. The quantitative estimate of drug-likeness (QED) is 0.499. The summed E-state index contributed by atoms with van der Waals surface area (Å²) in [4.78, 5) is 10.00. The second-order valence-electron chi connectivity index (χ2n) is 3.37. The van der Waals surface area contributed by atoms with Crippen molar-refractivity contribution in [1.29, 1.82) is 5.26 Å². The molecule has 0 amide bonds. The van der Waals surface area contributed by atoms with Crippen molar-refractivity contribution < 1.29 is 0 Å². The maximum atomic E-state index is 8.53. The molecule has 6 heteroatoms. The minimum Gasteiger partial charge on any atom is -0.354 e. The van der Waals surface area contributed by atoms with Crippen LogP contribution in [0, 0.1) is 15.2 Å². The zero-order chi connectivity index (χ0) is 11.4. The Labute approximate surface area is 107 Å². The number of halogens is 1. The average Bonchev–Trinajstić information content (AvgIpc) is 2.70. The van der Waals surface area contributed by atoms with Gasteiger partial charge in [0.15, 0.2) is 0 Å². The summed E-state index contributed by atoms with van der Waals surface area (Å²) < 4.78 is 0.979. The zero-order valence-electron chi connectivity index (χ0n) is 8.52. The molecule has 2 rings (SSSR count). The summed E-state index contributed by atoms with van der Waals surface area (Å²) in [5.74, 6) is 0.654. The van der Waals surface area contributed by atoms with Crippen molar-refractivity contribution in [3.8, 4) is 6.19 Å². The number of aliphatic imine (C=N–C) groups is 1. The number of nitrogens with one attached hydrogen (secondary N) is 1. The first-order valence-corrected chi connectivity index (χ1v) is 5.93. The molecule has 1 aliphatic rings. The van der Waals surface area contributed by atoms with Crippen molar-refractivity contribution in [1.82, 2.24) is 15.2 Å². The average molecular weight is 327 g/mol. The summed E-state index contributed by atoms with van der Waals surface area (Å²) in [5.41, 5.74) is 1.12. The molecule has 0 spiro atoms. The number of nitrogens with zero attached hydrogens (tertiary/aromatic N) is 4. The van der Waals surface area contributed by atoms with Crippen LogP contribution in [-0.2, 0) is 6.54 Å². The maximum Gasteiger partial charge on any atom is 0.210 e. The van der Waals surface area contributed by atoms with Gasteiger partial charge >= 0.3 is 0 Å². The van der Waals surface area contributed by atoms with Crippen LogP contribution in [-0.4, -0.2) is 28.9 Å². The molecule has 0 saturated carbocycles. The molecule has 0 atom stereocenters. The SMILES string of the molecule is N#C/N=C1\NCCN1Cc1ccc(I)nc1. The lowest BCUT2D eigenvalue weighted by Crippen LogP contribution is -2.29. The minimum atomic E-state index is 0.654. The topological polar surface area (TPSA) is 64.3 Å². The van der Waals surface area contributed by atoms with Gasteiger partial charge in [-0.15, -0.1) is 4.99 Å². The van der Waals surface area contributed by atoms with Gasteiger partial charge < -0.3 is 10.2 Å². The van der Waals surface area contributed by atoms with Gasteiger partial charge in [-0.25, -0.2) is 4.98 Å². The Morgan fingerprint density at radius 1 is 1.62 bits per heavy atom. The summed E-state index contributed by atoms with van der Waals surface area (Å²) in [6.07, 6.45) is 3.65. The highest BCUT2D eigenvalue weighted by atomic mass is 127. The maximum absolute atomic E-state index is 8.53. The molecule has 82 valence electrons. The molecule has 1 aromatic heterocycles. The molecule has 0 radical (unpaired) electrons. The smallest absolute Gasteiger partial charge is 0.210 e. The van der Waals surface area contributed by atoms with E-state index in [1.165, 1.54) is 0 Å². The Morgan fingerprint density at radius 2 is 2.50 bits per heavy atom. The summed E-state index contributed by atoms with van der Waals surface area (Å²) in [6, 6.07) is 4.01. The van der Waals surface area contributed by atoms with E-state index in [0.717, 1.165) is 28.9 Å².